The molecule has 0 radical (unpaired) electrons. The summed E-state index contributed by atoms with van der Waals surface area (Å²) in [6.45, 7) is 8.15. The molecule has 0 bridgehead atoms. The van der Waals surface area contributed by atoms with Crippen molar-refractivity contribution in [2.24, 2.45) is 5.73 Å². The Morgan fingerprint density at radius 2 is 1.80 bits per heavy atom. The van der Waals surface area contributed by atoms with Gasteiger partial charge in [-0.2, -0.15) is 0 Å². The van der Waals surface area contributed by atoms with Crippen LogP contribution in [-0.4, -0.2) is 30.1 Å². The molecule has 1 rings (SSSR count). The molecule has 0 spiro atoms. The van der Waals surface area contributed by atoms with Crippen molar-refractivity contribution in [1.29, 1.82) is 0 Å². The Morgan fingerprint density at radius 1 is 1.13 bits per heavy atom. The Morgan fingerprint density at radius 3 is 2.33 bits per heavy atom. The van der Waals surface area contributed by atoms with Crippen LogP contribution in [0.25, 0.3) is 0 Å². The Bertz CT molecular complexity index is 162. The van der Waals surface area contributed by atoms with Crippen molar-refractivity contribution in [2.45, 2.75) is 64.3 Å². The van der Waals surface area contributed by atoms with Gasteiger partial charge in [-0.25, -0.2) is 0 Å². The minimum Gasteiger partial charge on any atom is -0.325 e. The quantitative estimate of drug-likeness (QED) is 0.703. The van der Waals surface area contributed by atoms with Gasteiger partial charge in [-0.1, -0.05) is 33.1 Å². The summed E-state index contributed by atoms with van der Waals surface area (Å²) in [6.07, 6.45) is 9.01. The summed E-state index contributed by atoms with van der Waals surface area (Å²) in [5.41, 5.74) is 6.54. The topological polar surface area (TPSA) is 29.3 Å². The van der Waals surface area contributed by atoms with Gasteiger partial charge in [0, 0.05) is 5.54 Å². The van der Waals surface area contributed by atoms with E-state index in [0.29, 0.717) is 0 Å². The second kappa shape index (κ2) is 6.49. The summed E-state index contributed by atoms with van der Waals surface area (Å²) < 4.78 is 0. The van der Waals surface area contributed by atoms with E-state index in [1.807, 2.05) is 0 Å². The second-order valence-electron chi connectivity index (χ2n) is 5.11. The zero-order valence-corrected chi connectivity index (χ0v) is 10.6. The highest BCUT2D eigenvalue weighted by atomic mass is 15.1. The van der Waals surface area contributed by atoms with Crippen LogP contribution >= 0.6 is 0 Å². The maximum atomic E-state index is 6.36. The van der Waals surface area contributed by atoms with Crippen LogP contribution in [-0.2, 0) is 0 Å². The summed E-state index contributed by atoms with van der Waals surface area (Å²) in [5, 5.41) is 0. The van der Waals surface area contributed by atoms with E-state index in [1.54, 1.807) is 0 Å². The first-order chi connectivity index (χ1) is 7.20. The average Bonchev–Trinajstić information content (AvgIpc) is 2.66. The van der Waals surface area contributed by atoms with Gasteiger partial charge in [0.15, 0.2) is 0 Å². The molecule has 1 saturated carbocycles. The van der Waals surface area contributed by atoms with Crippen molar-refractivity contribution < 1.29 is 0 Å². The zero-order chi connectivity index (χ0) is 11.1. The molecule has 0 heterocycles. The normalized spacial score (nSPS) is 20.0. The lowest BCUT2D eigenvalue weighted by Crippen LogP contribution is -2.40. The van der Waals surface area contributed by atoms with E-state index >= 15 is 0 Å². The summed E-state index contributed by atoms with van der Waals surface area (Å²) in [4.78, 5) is 2.55. The molecule has 0 aromatic rings. The Kier molecular flexibility index (Phi) is 5.62. The van der Waals surface area contributed by atoms with Gasteiger partial charge < -0.3 is 10.6 Å². The SMILES string of the molecule is CCCCN(CC)CCC1(N)CCCC1. The molecule has 0 unspecified atom stereocenters. The van der Waals surface area contributed by atoms with Crippen molar-refractivity contribution in [3.63, 3.8) is 0 Å². The first kappa shape index (κ1) is 13.0. The van der Waals surface area contributed by atoms with Crippen molar-refractivity contribution in [1.82, 2.24) is 4.90 Å². The predicted molar refractivity (Wildman–Crippen MR) is 67.0 cm³/mol. The van der Waals surface area contributed by atoms with Crippen LogP contribution in [0.4, 0.5) is 0 Å². The van der Waals surface area contributed by atoms with E-state index in [2.05, 4.69) is 18.7 Å². The van der Waals surface area contributed by atoms with E-state index in [4.69, 9.17) is 5.73 Å². The van der Waals surface area contributed by atoms with Crippen molar-refractivity contribution in [2.75, 3.05) is 19.6 Å². The van der Waals surface area contributed by atoms with Gasteiger partial charge in [0.05, 0.1) is 0 Å². The predicted octanol–water partition coefficient (Wildman–Crippen LogP) is 2.77. The minimum absolute atomic E-state index is 0.180. The van der Waals surface area contributed by atoms with Crippen molar-refractivity contribution in [3.05, 3.63) is 0 Å². The van der Waals surface area contributed by atoms with Gasteiger partial charge in [0.25, 0.3) is 0 Å². The molecule has 15 heavy (non-hydrogen) atoms. The molecule has 0 aromatic heterocycles. The summed E-state index contributed by atoms with van der Waals surface area (Å²) in [7, 11) is 0. The lowest BCUT2D eigenvalue weighted by molar-refractivity contribution is 0.245. The first-order valence-corrected chi connectivity index (χ1v) is 6.71. The van der Waals surface area contributed by atoms with E-state index in [0.717, 1.165) is 0 Å². The lowest BCUT2D eigenvalue weighted by atomic mass is 9.94. The maximum Gasteiger partial charge on any atom is 0.0166 e. The number of unbranched alkanes of at least 4 members (excludes halogenated alkanes) is 1. The number of nitrogens with two attached hydrogens (primary N) is 1. The van der Waals surface area contributed by atoms with E-state index < -0.39 is 0 Å². The molecule has 1 aliphatic rings. The van der Waals surface area contributed by atoms with Crippen LogP contribution in [0.2, 0.25) is 0 Å². The van der Waals surface area contributed by atoms with Gasteiger partial charge >= 0.3 is 0 Å². The van der Waals surface area contributed by atoms with Crippen LogP contribution in [0.5, 0.6) is 0 Å². The van der Waals surface area contributed by atoms with Gasteiger partial charge in [-0.05, 0) is 45.3 Å². The molecule has 2 N–H and O–H groups in total. The Hall–Kier alpha value is -0.0800. The van der Waals surface area contributed by atoms with Crippen LogP contribution < -0.4 is 5.73 Å². The first-order valence-electron chi connectivity index (χ1n) is 6.71. The maximum absolute atomic E-state index is 6.36. The van der Waals surface area contributed by atoms with Crippen LogP contribution in [0.15, 0.2) is 0 Å². The highest BCUT2D eigenvalue weighted by molar-refractivity contribution is 4.89. The fourth-order valence-electron chi connectivity index (χ4n) is 2.52. The van der Waals surface area contributed by atoms with E-state index in [9.17, 15) is 0 Å². The van der Waals surface area contributed by atoms with E-state index in [-0.39, 0.29) is 5.54 Å². The third kappa shape index (κ3) is 4.52. The molecule has 1 fully saturated rings. The van der Waals surface area contributed by atoms with Crippen molar-refractivity contribution >= 4 is 0 Å². The standard InChI is InChI=1S/C13H28N2/c1-3-5-11-15(4-2)12-10-13(14)8-6-7-9-13/h3-12,14H2,1-2H3. The summed E-state index contributed by atoms with van der Waals surface area (Å²) >= 11 is 0. The van der Waals surface area contributed by atoms with Crippen LogP contribution in [0, 0.1) is 0 Å². The number of hydrogen-bond donors (Lipinski definition) is 1. The molecule has 2 heteroatoms. The molecule has 0 atom stereocenters. The fourth-order valence-corrected chi connectivity index (χ4v) is 2.52. The third-order valence-corrected chi connectivity index (χ3v) is 3.80. The molecule has 90 valence electrons. The molecular formula is C13H28N2. The largest absolute Gasteiger partial charge is 0.325 e. The summed E-state index contributed by atoms with van der Waals surface area (Å²) in [5.74, 6) is 0. The lowest BCUT2D eigenvalue weighted by Gasteiger charge is -2.28. The molecule has 0 aliphatic heterocycles. The molecule has 0 saturated heterocycles. The van der Waals surface area contributed by atoms with Gasteiger partial charge in [0.2, 0.25) is 0 Å². The highest BCUT2D eigenvalue weighted by Crippen LogP contribution is 2.30. The third-order valence-electron chi connectivity index (χ3n) is 3.80. The van der Waals surface area contributed by atoms with Crippen molar-refractivity contribution in [3.8, 4) is 0 Å². The Balaban J connectivity index is 2.20. The highest BCUT2D eigenvalue weighted by Gasteiger charge is 2.28. The van der Waals surface area contributed by atoms with Crippen LogP contribution in [0.1, 0.15) is 58.8 Å². The minimum atomic E-state index is 0.180. The number of rotatable bonds is 7. The molecule has 1 aliphatic carbocycles. The molecular weight excluding hydrogens is 184 g/mol. The fraction of sp³-hybridized carbons (Fsp3) is 1.00. The number of nitrogens with zero attached hydrogens (tertiary/aromatic N) is 1. The van der Waals surface area contributed by atoms with Crippen LogP contribution in [0.3, 0.4) is 0 Å². The molecule has 0 amide bonds. The number of hydrogen-bond acceptors (Lipinski definition) is 2. The molecule has 0 aromatic carbocycles. The average molecular weight is 212 g/mol. The monoisotopic (exact) mass is 212 g/mol. The smallest absolute Gasteiger partial charge is 0.0166 e. The Labute approximate surface area is 95.2 Å². The van der Waals surface area contributed by atoms with E-state index in [1.165, 1.54) is 64.6 Å². The van der Waals surface area contributed by atoms with Gasteiger partial charge in [-0.15, -0.1) is 0 Å². The molecule has 2 nitrogen and oxygen atoms in total. The van der Waals surface area contributed by atoms with Gasteiger partial charge in [0.1, 0.15) is 0 Å². The van der Waals surface area contributed by atoms with Gasteiger partial charge in [-0.3, -0.25) is 0 Å². The zero-order valence-electron chi connectivity index (χ0n) is 10.6. The second-order valence-corrected chi connectivity index (χ2v) is 5.11. The summed E-state index contributed by atoms with van der Waals surface area (Å²) in [6, 6.07) is 0.